The zero-order chi connectivity index (χ0) is 22.5. The lowest BCUT2D eigenvalue weighted by molar-refractivity contribution is -0.447. The summed E-state index contributed by atoms with van der Waals surface area (Å²) in [5, 5.41) is 0.513. The van der Waals surface area contributed by atoms with Gasteiger partial charge in [0.15, 0.2) is 0 Å². The number of aromatic nitrogens is 3. The number of hydrogen-bond donors (Lipinski definition) is 1. The second kappa shape index (κ2) is 8.20. The first-order valence-corrected chi connectivity index (χ1v) is 13.1. The van der Waals surface area contributed by atoms with Gasteiger partial charge in [0.2, 0.25) is 16.4 Å². The first kappa shape index (κ1) is 21.5. The molecule has 2 aliphatic heterocycles. The molecule has 10 heteroatoms. The van der Waals surface area contributed by atoms with Gasteiger partial charge >= 0.3 is 5.82 Å². The molecule has 0 saturated heterocycles. The van der Waals surface area contributed by atoms with Gasteiger partial charge in [-0.05, 0) is 18.0 Å². The van der Waals surface area contributed by atoms with Crippen LogP contribution in [0.4, 0.5) is 11.5 Å². The molecule has 2 atom stereocenters. The number of nitrogens with one attached hydrogen (secondary N) is 1. The summed E-state index contributed by atoms with van der Waals surface area (Å²) in [5.74, 6) is 0.900. The van der Waals surface area contributed by atoms with Gasteiger partial charge in [0.05, 0.1) is 42.5 Å². The Labute approximate surface area is 193 Å². The van der Waals surface area contributed by atoms with E-state index in [1.54, 1.807) is 6.33 Å². The van der Waals surface area contributed by atoms with Crippen LogP contribution in [0.25, 0.3) is 6.08 Å². The quantitative estimate of drug-likeness (QED) is 0.542. The fourth-order valence-corrected chi connectivity index (χ4v) is 5.87. The largest absolute Gasteiger partial charge is 0.363 e. The summed E-state index contributed by atoms with van der Waals surface area (Å²) in [4.78, 5) is 16.1. The van der Waals surface area contributed by atoms with E-state index in [1.165, 1.54) is 6.26 Å². The van der Waals surface area contributed by atoms with Crippen LogP contribution in [0.2, 0.25) is 5.15 Å². The Balaban J connectivity index is 1.47. The van der Waals surface area contributed by atoms with Gasteiger partial charge in [-0.2, -0.15) is 0 Å². The Morgan fingerprint density at radius 2 is 2.12 bits per heavy atom. The SMILES string of the molecule is C[C@@H]1Cc2ncnc([N+]3=CCC(NS(C)(=O)=O)CC3)c2CN1c1cc(Cl)nc2c1C=CC2. The molecule has 0 radical (unpaired) electrons. The van der Waals surface area contributed by atoms with Crippen LogP contribution in [0.15, 0.2) is 18.5 Å². The molecule has 1 aliphatic carbocycles. The summed E-state index contributed by atoms with van der Waals surface area (Å²) < 4.78 is 28.0. The number of allylic oxidation sites excluding steroid dienone is 1. The van der Waals surface area contributed by atoms with Crippen LogP contribution in [-0.4, -0.2) is 59.0 Å². The van der Waals surface area contributed by atoms with Gasteiger partial charge in [-0.3, -0.25) is 0 Å². The van der Waals surface area contributed by atoms with E-state index in [4.69, 9.17) is 11.6 Å². The summed E-state index contributed by atoms with van der Waals surface area (Å²) in [5.41, 5.74) is 5.43. The predicted octanol–water partition coefficient (Wildman–Crippen LogP) is 2.47. The minimum Gasteiger partial charge on any atom is -0.363 e. The molecular formula is C22H26ClN6O2S+. The van der Waals surface area contributed by atoms with E-state index >= 15 is 0 Å². The average Bonchev–Trinajstić information content (AvgIpc) is 3.20. The standard InChI is InChI=1S/C22H26ClN6O2S/c1-14-10-19-17(12-29(14)20-11-21(23)26-18-5-3-4-16(18)20)22(25-13-24-19)28-8-6-15(7-9-28)27-32(2,30)31/h3-4,8,11,13-15,27H,5-7,9-10,12H2,1-2H3/q+1/t14-,15?/m1/s1. The maximum atomic E-state index is 11.6. The van der Waals surface area contributed by atoms with E-state index in [0.29, 0.717) is 24.7 Å². The van der Waals surface area contributed by atoms with Gasteiger partial charge in [0.25, 0.3) is 0 Å². The highest BCUT2D eigenvalue weighted by atomic mass is 35.5. The Kier molecular flexibility index (Phi) is 5.51. The van der Waals surface area contributed by atoms with Crippen molar-refractivity contribution in [1.29, 1.82) is 0 Å². The fourth-order valence-electron chi connectivity index (χ4n) is 4.85. The van der Waals surface area contributed by atoms with Crippen molar-refractivity contribution in [2.75, 3.05) is 17.7 Å². The lowest BCUT2D eigenvalue weighted by Crippen LogP contribution is -2.41. The molecule has 4 heterocycles. The Bertz CT molecular complexity index is 1240. The molecule has 0 bridgehead atoms. The molecule has 168 valence electrons. The summed E-state index contributed by atoms with van der Waals surface area (Å²) in [7, 11) is -3.22. The number of halogens is 1. The van der Waals surface area contributed by atoms with Gasteiger partial charge in [0, 0.05) is 49.0 Å². The van der Waals surface area contributed by atoms with Crippen LogP contribution >= 0.6 is 11.6 Å². The summed E-state index contributed by atoms with van der Waals surface area (Å²) >= 11 is 6.36. The zero-order valence-electron chi connectivity index (χ0n) is 18.1. The minimum atomic E-state index is -3.22. The van der Waals surface area contributed by atoms with E-state index in [-0.39, 0.29) is 12.1 Å². The van der Waals surface area contributed by atoms with E-state index < -0.39 is 10.0 Å². The van der Waals surface area contributed by atoms with E-state index in [0.717, 1.165) is 53.3 Å². The second-order valence-electron chi connectivity index (χ2n) is 8.72. The third-order valence-corrected chi connectivity index (χ3v) is 7.29. The molecule has 5 rings (SSSR count). The molecule has 2 aromatic rings. The first-order valence-electron chi connectivity index (χ1n) is 10.8. The number of sulfonamides is 1. The van der Waals surface area contributed by atoms with E-state index in [2.05, 4.69) is 48.2 Å². The van der Waals surface area contributed by atoms with Crippen molar-refractivity contribution in [3.05, 3.63) is 46.1 Å². The van der Waals surface area contributed by atoms with Crippen LogP contribution in [0.1, 0.15) is 42.3 Å². The summed E-state index contributed by atoms with van der Waals surface area (Å²) in [6, 6.07) is 2.13. The zero-order valence-corrected chi connectivity index (χ0v) is 19.7. The summed E-state index contributed by atoms with van der Waals surface area (Å²) in [6.07, 6.45) is 12.1. The van der Waals surface area contributed by atoms with Gasteiger partial charge in [0.1, 0.15) is 5.15 Å². The highest BCUT2D eigenvalue weighted by Gasteiger charge is 2.34. The van der Waals surface area contributed by atoms with E-state index in [9.17, 15) is 8.42 Å². The second-order valence-corrected chi connectivity index (χ2v) is 10.9. The van der Waals surface area contributed by atoms with Gasteiger partial charge < -0.3 is 4.90 Å². The molecule has 1 unspecified atom stereocenters. The maximum absolute atomic E-state index is 11.6. The topological polar surface area (TPSA) is 91.1 Å². The van der Waals surface area contributed by atoms with Crippen LogP contribution < -0.4 is 9.62 Å². The molecule has 8 nitrogen and oxygen atoms in total. The number of fused-ring (bicyclic) bond motifs is 2. The third-order valence-electron chi connectivity index (χ3n) is 6.33. The van der Waals surface area contributed by atoms with Crippen LogP contribution in [-0.2, 0) is 29.4 Å². The molecule has 0 aromatic carbocycles. The smallest absolute Gasteiger partial charge is 0.331 e. The van der Waals surface area contributed by atoms with Crippen molar-refractivity contribution >= 4 is 45.4 Å². The van der Waals surface area contributed by atoms with Gasteiger partial charge in [-0.15, -0.1) is 0 Å². The molecular weight excluding hydrogens is 448 g/mol. The highest BCUT2D eigenvalue weighted by molar-refractivity contribution is 7.88. The van der Waals surface area contributed by atoms with Crippen molar-refractivity contribution < 1.29 is 13.0 Å². The lowest BCUT2D eigenvalue weighted by atomic mass is 9.97. The van der Waals surface area contributed by atoms with Gasteiger partial charge in [-0.25, -0.2) is 27.7 Å². The van der Waals surface area contributed by atoms with Crippen molar-refractivity contribution in [2.24, 2.45) is 0 Å². The molecule has 32 heavy (non-hydrogen) atoms. The highest BCUT2D eigenvalue weighted by Crippen LogP contribution is 2.37. The molecule has 0 amide bonds. The first-order chi connectivity index (χ1) is 15.3. The Hall–Kier alpha value is -2.36. The number of hydrogen-bond acceptors (Lipinski definition) is 6. The molecule has 0 saturated carbocycles. The molecule has 3 aliphatic rings. The monoisotopic (exact) mass is 473 g/mol. The maximum Gasteiger partial charge on any atom is 0.331 e. The van der Waals surface area contributed by atoms with Crippen molar-refractivity contribution in [3.63, 3.8) is 0 Å². The minimum absolute atomic E-state index is 0.0798. The average molecular weight is 474 g/mol. The lowest BCUT2D eigenvalue weighted by Gasteiger charge is -2.36. The third kappa shape index (κ3) is 4.16. The number of pyridine rings is 1. The van der Waals surface area contributed by atoms with Crippen molar-refractivity contribution in [3.8, 4) is 0 Å². The molecule has 2 aromatic heterocycles. The van der Waals surface area contributed by atoms with Crippen LogP contribution in [0, 0.1) is 0 Å². The fraction of sp³-hybridized carbons (Fsp3) is 0.455. The molecule has 0 fully saturated rings. The van der Waals surface area contributed by atoms with E-state index in [1.807, 2.05) is 12.3 Å². The summed E-state index contributed by atoms with van der Waals surface area (Å²) in [6.45, 7) is 3.59. The van der Waals surface area contributed by atoms with Crippen LogP contribution in [0.3, 0.4) is 0 Å². The number of nitrogens with zero attached hydrogens (tertiary/aromatic N) is 5. The molecule has 1 N–H and O–H groups in total. The van der Waals surface area contributed by atoms with Crippen LogP contribution in [0.5, 0.6) is 0 Å². The number of anilines is 1. The van der Waals surface area contributed by atoms with Gasteiger partial charge in [-0.1, -0.05) is 23.8 Å². The van der Waals surface area contributed by atoms with Crippen molar-refractivity contribution in [1.82, 2.24) is 19.7 Å². The normalized spacial score (nSPS) is 22.5. The molecule has 0 spiro atoms. The Morgan fingerprint density at radius 3 is 2.88 bits per heavy atom. The Morgan fingerprint density at radius 1 is 1.28 bits per heavy atom. The predicted molar refractivity (Wildman–Crippen MR) is 125 cm³/mol. The number of rotatable bonds is 4. The van der Waals surface area contributed by atoms with Crippen molar-refractivity contribution in [2.45, 2.75) is 51.2 Å².